The zero-order valence-corrected chi connectivity index (χ0v) is 12.8. The number of ether oxygens (including phenoxy) is 1. The summed E-state index contributed by atoms with van der Waals surface area (Å²) in [7, 11) is 1.35. The molecular formula is C15H19N5O2. The van der Waals surface area contributed by atoms with Gasteiger partial charge < -0.3 is 15.4 Å². The normalized spacial score (nSPS) is 11.6. The van der Waals surface area contributed by atoms with Crippen LogP contribution in [0.2, 0.25) is 0 Å². The van der Waals surface area contributed by atoms with Gasteiger partial charge in [-0.15, -0.1) is 5.10 Å². The summed E-state index contributed by atoms with van der Waals surface area (Å²) in [5.41, 5.74) is 1.19. The van der Waals surface area contributed by atoms with E-state index in [1.807, 2.05) is 13.0 Å². The molecule has 0 aliphatic rings. The minimum absolute atomic E-state index is 0.264. The van der Waals surface area contributed by atoms with Gasteiger partial charge in [-0.3, -0.25) is 0 Å². The fourth-order valence-corrected chi connectivity index (χ4v) is 1.74. The Balaban J connectivity index is 2.13. The Bertz CT molecular complexity index is 647. The van der Waals surface area contributed by atoms with Crippen LogP contribution in [0.15, 0.2) is 30.5 Å². The molecule has 1 atom stereocenters. The van der Waals surface area contributed by atoms with Gasteiger partial charge in [-0.05, 0) is 31.5 Å². The van der Waals surface area contributed by atoms with Crippen molar-refractivity contribution in [3.63, 3.8) is 0 Å². The molecule has 0 spiro atoms. The summed E-state index contributed by atoms with van der Waals surface area (Å²) in [6.07, 6.45) is 2.48. The van der Waals surface area contributed by atoms with E-state index in [2.05, 4.69) is 32.7 Å². The van der Waals surface area contributed by atoms with Crippen LogP contribution in [0.3, 0.4) is 0 Å². The molecular weight excluding hydrogens is 282 g/mol. The molecule has 2 N–H and O–H groups in total. The lowest BCUT2D eigenvalue weighted by atomic mass is 10.2. The van der Waals surface area contributed by atoms with Crippen molar-refractivity contribution < 1.29 is 9.53 Å². The summed E-state index contributed by atoms with van der Waals surface area (Å²) in [4.78, 5) is 15.9. The Kier molecular flexibility index (Phi) is 5.24. The molecule has 0 saturated carbocycles. The van der Waals surface area contributed by atoms with Crippen LogP contribution in [0.5, 0.6) is 0 Å². The maximum atomic E-state index is 11.5. The van der Waals surface area contributed by atoms with Gasteiger partial charge in [0.1, 0.15) is 0 Å². The van der Waals surface area contributed by atoms with Gasteiger partial charge in [-0.1, -0.05) is 13.0 Å². The Morgan fingerprint density at radius 3 is 2.95 bits per heavy atom. The zero-order chi connectivity index (χ0) is 15.9. The minimum atomic E-state index is -0.386. The number of hydrogen-bond donors (Lipinski definition) is 2. The van der Waals surface area contributed by atoms with E-state index in [4.69, 9.17) is 4.74 Å². The maximum Gasteiger partial charge on any atom is 0.337 e. The Hall–Kier alpha value is -2.70. The molecule has 1 heterocycles. The highest BCUT2D eigenvalue weighted by Crippen LogP contribution is 2.17. The van der Waals surface area contributed by atoms with E-state index in [0.29, 0.717) is 17.3 Å². The van der Waals surface area contributed by atoms with Crippen LogP contribution in [0.25, 0.3) is 0 Å². The number of nitrogens with zero attached hydrogens (tertiary/aromatic N) is 3. The van der Waals surface area contributed by atoms with Crippen LogP contribution in [0.4, 0.5) is 17.5 Å². The zero-order valence-electron chi connectivity index (χ0n) is 12.8. The Morgan fingerprint density at radius 1 is 1.41 bits per heavy atom. The maximum absolute atomic E-state index is 11.5. The Morgan fingerprint density at radius 2 is 2.23 bits per heavy atom. The average molecular weight is 301 g/mol. The molecule has 0 radical (unpaired) electrons. The van der Waals surface area contributed by atoms with E-state index in [9.17, 15) is 4.79 Å². The molecule has 116 valence electrons. The highest BCUT2D eigenvalue weighted by Gasteiger charge is 2.07. The molecule has 0 bridgehead atoms. The highest BCUT2D eigenvalue weighted by molar-refractivity contribution is 5.90. The number of esters is 1. The van der Waals surface area contributed by atoms with Crippen LogP contribution in [-0.4, -0.2) is 34.3 Å². The third-order valence-corrected chi connectivity index (χ3v) is 3.10. The quantitative estimate of drug-likeness (QED) is 0.793. The highest BCUT2D eigenvalue weighted by atomic mass is 16.5. The smallest absolute Gasteiger partial charge is 0.337 e. The van der Waals surface area contributed by atoms with E-state index in [1.165, 1.54) is 13.3 Å². The summed E-state index contributed by atoms with van der Waals surface area (Å²) in [5, 5.41) is 14.1. The first-order chi connectivity index (χ1) is 10.6. The van der Waals surface area contributed by atoms with E-state index in [-0.39, 0.29) is 12.0 Å². The molecule has 0 fully saturated rings. The van der Waals surface area contributed by atoms with Crippen molar-refractivity contribution >= 4 is 23.4 Å². The molecule has 0 amide bonds. The van der Waals surface area contributed by atoms with E-state index in [0.717, 1.165) is 12.1 Å². The van der Waals surface area contributed by atoms with Crippen molar-refractivity contribution in [3.05, 3.63) is 36.0 Å². The van der Waals surface area contributed by atoms with Gasteiger partial charge in [0.15, 0.2) is 5.82 Å². The second-order valence-electron chi connectivity index (χ2n) is 4.82. The third-order valence-electron chi connectivity index (χ3n) is 3.10. The monoisotopic (exact) mass is 301 g/mol. The fraction of sp³-hybridized carbons (Fsp3) is 0.333. The van der Waals surface area contributed by atoms with E-state index < -0.39 is 0 Å². The van der Waals surface area contributed by atoms with Gasteiger partial charge in [-0.2, -0.15) is 10.1 Å². The molecule has 0 aliphatic heterocycles. The molecule has 0 saturated heterocycles. The van der Waals surface area contributed by atoms with Crippen molar-refractivity contribution in [2.75, 3.05) is 17.7 Å². The molecule has 2 aromatic rings. The van der Waals surface area contributed by atoms with Crippen molar-refractivity contribution in [2.45, 2.75) is 26.3 Å². The summed E-state index contributed by atoms with van der Waals surface area (Å²) in [5.74, 6) is 0.620. The molecule has 1 aromatic heterocycles. The number of hydrogen-bond acceptors (Lipinski definition) is 7. The van der Waals surface area contributed by atoms with Gasteiger partial charge >= 0.3 is 5.97 Å². The standard InChI is InChI=1S/C15H19N5O2/c1-4-10(2)17-15-19-13(9-16-20-15)18-12-7-5-6-11(8-12)14(21)22-3/h5-10H,4H2,1-3H3,(H2,17,18,19,20). The second kappa shape index (κ2) is 7.35. The van der Waals surface area contributed by atoms with Crippen molar-refractivity contribution in [1.29, 1.82) is 0 Å². The topological polar surface area (TPSA) is 89.0 Å². The van der Waals surface area contributed by atoms with Crippen LogP contribution < -0.4 is 10.6 Å². The SMILES string of the molecule is CCC(C)Nc1nncc(Nc2cccc(C(=O)OC)c2)n1. The third kappa shape index (κ3) is 4.15. The molecule has 7 nitrogen and oxygen atoms in total. The molecule has 2 rings (SSSR count). The number of carbonyl (C=O) groups excluding carboxylic acids is 1. The van der Waals surface area contributed by atoms with Crippen LogP contribution >= 0.6 is 0 Å². The number of nitrogens with one attached hydrogen (secondary N) is 2. The molecule has 7 heteroatoms. The molecule has 1 aromatic carbocycles. The molecule has 1 unspecified atom stereocenters. The number of rotatable bonds is 6. The van der Waals surface area contributed by atoms with Gasteiger partial charge in [0.2, 0.25) is 5.95 Å². The van der Waals surface area contributed by atoms with Crippen molar-refractivity contribution in [1.82, 2.24) is 15.2 Å². The summed E-state index contributed by atoms with van der Waals surface area (Å²) >= 11 is 0. The lowest BCUT2D eigenvalue weighted by molar-refractivity contribution is 0.0601. The van der Waals surface area contributed by atoms with Crippen LogP contribution in [0.1, 0.15) is 30.6 Å². The number of benzene rings is 1. The lowest BCUT2D eigenvalue weighted by Gasteiger charge is -2.11. The van der Waals surface area contributed by atoms with Crippen molar-refractivity contribution in [2.24, 2.45) is 0 Å². The first-order valence-electron chi connectivity index (χ1n) is 7.04. The van der Waals surface area contributed by atoms with Crippen molar-refractivity contribution in [3.8, 4) is 0 Å². The first kappa shape index (κ1) is 15.7. The second-order valence-corrected chi connectivity index (χ2v) is 4.82. The van der Waals surface area contributed by atoms with Crippen LogP contribution in [-0.2, 0) is 4.74 Å². The number of carbonyl (C=O) groups is 1. The van der Waals surface area contributed by atoms with Gasteiger partial charge in [0.25, 0.3) is 0 Å². The predicted octanol–water partition coefficient (Wildman–Crippen LogP) is 2.61. The van der Waals surface area contributed by atoms with Gasteiger partial charge in [0, 0.05) is 11.7 Å². The number of aromatic nitrogens is 3. The van der Waals surface area contributed by atoms with E-state index >= 15 is 0 Å². The van der Waals surface area contributed by atoms with Gasteiger partial charge in [-0.25, -0.2) is 4.79 Å². The summed E-state index contributed by atoms with van der Waals surface area (Å²) in [6.45, 7) is 4.12. The summed E-state index contributed by atoms with van der Waals surface area (Å²) < 4.78 is 4.70. The molecule has 22 heavy (non-hydrogen) atoms. The largest absolute Gasteiger partial charge is 0.465 e. The predicted molar refractivity (Wildman–Crippen MR) is 84.3 cm³/mol. The molecule has 0 aliphatic carbocycles. The van der Waals surface area contributed by atoms with E-state index in [1.54, 1.807) is 18.2 Å². The fourth-order valence-electron chi connectivity index (χ4n) is 1.74. The number of anilines is 3. The lowest BCUT2D eigenvalue weighted by Crippen LogP contribution is -2.16. The van der Waals surface area contributed by atoms with Crippen LogP contribution in [0, 0.1) is 0 Å². The first-order valence-corrected chi connectivity index (χ1v) is 7.04. The number of methoxy groups -OCH3 is 1. The van der Waals surface area contributed by atoms with Gasteiger partial charge in [0.05, 0.1) is 18.9 Å². The Labute approximate surface area is 129 Å². The average Bonchev–Trinajstić information content (AvgIpc) is 2.54. The minimum Gasteiger partial charge on any atom is -0.465 e. The summed E-state index contributed by atoms with van der Waals surface area (Å²) in [6, 6.07) is 7.23.